The Hall–Kier alpha value is -3.57. The molecule has 5 N–H and O–H groups in total. The van der Waals surface area contributed by atoms with Crippen molar-refractivity contribution in [1.82, 2.24) is 19.6 Å². The molecule has 37 heavy (non-hydrogen) atoms. The third kappa shape index (κ3) is 6.23. The fraction of sp³-hybridized carbons (Fsp3) is 0.450. The number of nitrogens with one attached hydrogen (secondary N) is 1. The number of thioether (sulfide) groups is 1. The van der Waals surface area contributed by atoms with E-state index in [1.165, 1.54) is 11.8 Å². The van der Waals surface area contributed by atoms with Gasteiger partial charge in [0.25, 0.3) is 24.6 Å². The first kappa shape index (κ1) is 28.0. The number of carbonyl (C=O) groups is 4. The van der Waals surface area contributed by atoms with E-state index in [-0.39, 0.29) is 29.0 Å². The number of alkyl halides is 1. The molecule has 0 spiro atoms. The molecule has 1 aromatic heterocycles. The Bertz CT molecular complexity index is 1190. The van der Waals surface area contributed by atoms with Crippen LogP contribution in [0.1, 0.15) is 12.7 Å². The number of aromatic nitrogens is 2. The lowest BCUT2D eigenvalue weighted by atomic mass is 10.0. The van der Waals surface area contributed by atoms with Gasteiger partial charge in [-0.05, 0) is 18.6 Å². The summed E-state index contributed by atoms with van der Waals surface area (Å²) in [5.74, 6) is -3.63. The monoisotopic (exact) mass is 556 g/mol. The Morgan fingerprint density at radius 2 is 2.16 bits per heavy atom. The highest BCUT2D eigenvalue weighted by Gasteiger charge is 2.53. The lowest BCUT2D eigenvalue weighted by Crippen LogP contribution is -2.71. The number of anilines is 1. The summed E-state index contributed by atoms with van der Waals surface area (Å²) in [6.07, 6.45) is 3.30. The minimum Gasteiger partial charge on any atom is -0.543 e. The van der Waals surface area contributed by atoms with Gasteiger partial charge in [-0.1, -0.05) is 11.2 Å². The molecule has 14 nitrogen and oxygen atoms in total. The van der Waals surface area contributed by atoms with Gasteiger partial charge in [-0.3, -0.25) is 19.3 Å². The summed E-state index contributed by atoms with van der Waals surface area (Å²) in [5.41, 5.74) is 10.4. The standard InChI is InChI=1S/C20H25FN8O6S2/c1-3-29(2,7-11(22)30)6-4-5-10-8-36-18-13(17(32)28(18)14(10)19(33)34)24-16(31)12(26-35-9-21)15-25-20(23)37-27-15/h4-5,13,18H,3,6-9H2,1-2H3,(H5-,22,23,24,25,27,30,31,33,34)/b5-4+,26-12-/t13-,18+,29?/m1/s1. The summed E-state index contributed by atoms with van der Waals surface area (Å²) in [6.45, 7) is 1.71. The Morgan fingerprint density at radius 3 is 2.73 bits per heavy atom. The number of carboxylic acids is 1. The molecular weight excluding hydrogens is 531 g/mol. The third-order valence-corrected chi connectivity index (χ3v) is 7.56. The van der Waals surface area contributed by atoms with Crippen molar-refractivity contribution in [2.45, 2.75) is 18.3 Å². The van der Waals surface area contributed by atoms with E-state index in [4.69, 9.17) is 11.5 Å². The van der Waals surface area contributed by atoms with Crippen molar-refractivity contribution in [2.24, 2.45) is 10.9 Å². The number of fused-ring (bicyclic) bond motifs is 1. The zero-order valence-corrected chi connectivity index (χ0v) is 21.5. The molecule has 3 rings (SSSR count). The van der Waals surface area contributed by atoms with Gasteiger partial charge in [0, 0.05) is 17.3 Å². The number of allylic oxidation sites excluding steroid dienone is 1. The van der Waals surface area contributed by atoms with E-state index >= 15 is 0 Å². The number of β-lactam (4-membered cyclic amide) rings is 1. The predicted octanol–water partition coefficient (Wildman–Crippen LogP) is -2.32. The zero-order valence-electron chi connectivity index (χ0n) is 19.9. The second-order valence-electron chi connectivity index (χ2n) is 8.30. The van der Waals surface area contributed by atoms with Crippen LogP contribution in [0.4, 0.5) is 9.52 Å². The molecule has 2 aliphatic rings. The lowest BCUT2D eigenvalue weighted by molar-refractivity contribution is -0.894. The zero-order chi connectivity index (χ0) is 27.3. The summed E-state index contributed by atoms with van der Waals surface area (Å²) >= 11 is 2.01. The Morgan fingerprint density at radius 1 is 1.43 bits per heavy atom. The summed E-state index contributed by atoms with van der Waals surface area (Å²) < 4.78 is 16.6. The molecule has 17 heteroatoms. The van der Waals surface area contributed by atoms with Crippen molar-refractivity contribution in [3.63, 3.8) is 0 Å². The highest BCUT2D eigenvalue weighted by Crippen LogP contribution is 2.40. The van der Waals surface area contributed by atoms with Crippen LogP contribution in [-0.2, 0) is 24.0 Å². The molecule has 200 valence electrons. The molecule has 1 fully saturated rings. The SMILES string of the molecule is CC[N+](C)(C/C=C/C1=C(C(=O)[O-])N2C(=O)[C@@H](NC(=O)/C(=N\OCF)c3nsc(N)n3)[C@@H]2SC1)CC(N)=O. The predicted molar refractivity (Wildman–Crippen MR) is 130 cm³/mol. The molecule has 0 bridgehead atoms. The quantitative estimate of drug-likeness (QED) is 0.108. The maximum Gasteiger partial charge on any atom is 0.278 e. The van der Waals surface area contributed by atoms with E-state index in [2.05, 4.69) is 24.7 Å². The molecule has 1 saturated heterocycles. The smallest absolute Gasteiger partial charge is 0.278 e. The van der Waals surface area contributed by atoms with Crippen LogP contribution in [0.3, 0.4) is 0 Å². The molecule has 3 atom stereocenters. The number of quaternary nitrogens is 1. The van der Waals surface area contributed by atoms with Crippen LogP contribution in [0.5, 0.6) is 0 Å². The van der Waals surface area contributed by atoms with Gasteiger partial charge >= 0.3 is 0 Å². The fourth-order valence-corrected chi connectivity index (χ4v) is 5.46. The minimum atomic E-state index is -1.55. The number of nitrogen functional groups attached to an aromatic ring is 1. The van der Waals surface area contributed by atoms with Crippen LogP contribution in [-0.4, -0.2) is 98.9 Å². The number of nitrogens with two attached hydrogens (primary N) is 2. The number of carbonyl (C=O) groups excluding carboxylic acids is 4. The number of carboxylic acid groups (broad SMARTS) is 1. The van der Waals surface area contributed by atoms with Crippen LogP contribution in [0.15, 0.2) is 28.6 Å². The van der Waals surface area contributed by atoms with E-state index in [1.54, 1.807) is 12.2 Å². The van der Waals surface area contributed by atoms with Gasteiger partial charge in [0.05, 0.1) is 31.8 Å². The summed E-state index contributed by atoms with van der Waals surface area (Å²) in [4.78, 5) is 58.1. The molecule has 3 amide bonds. The first-order valence-corrected chi connectivity index (χ1v) is 12.7. The number of nitrogens with zero attached hydrogens (tertiary/aromatic N) is 5. The van der Waals surface area contributed by atoms with Gasteiger partial charge in [0.15, 0.2) is 11.7 Å². The van der Waals surface area contributed by atoms with Crippen LogP contribution in [0, 0.1) is 0 Å². The van der Waals surface area contributed by atoms with Gasteiger partial charge in [-0.2, -0.15) is 9.36 Å². The summed E-state index contributed by atoms with van der Waals surface area (Å²) in [7, 11) is 1.84. The van der Waals surface area contributed by atoms with Crippen molar-refractivity contribution < 1.29 is 38.0 Å². The Labute approximate surface area is 218 Å². The van der Waals surface area contributed by atoms with E-state index < -0.39 is 47.7 Å². The van der Waals surface area contributed by atoms with Crippen LogP contribution < -0.4 is 21.9 Å². The topological polar surface area (TPSA) is 206 Å². The van der Waals surface area contributed by atoms with Crippen molar-refractivity contribution in [2.75, 3.05) is 45.0 Å². The average molecular weight is 557 g/mol. The van der Waals surface area contributed by atoms with E-state index in [9.17, 15) is 28.7 Å². The summed E-state index contributed by atoms with van der Waals surface area (Å²) in [5, 5.41) is 17.1. The first-order chi connectivity index (χ1) is 17.5. The molecule has 1 aromatic rings. The Balaban J connectivity index is 1.76. The van der Waals surface area contributed by atoms with Crippen molar-refractivity contribution >= 4 is 57.8 Å². The molecule has 3 heterocycles. The number of oxime groups is 1. The molecule has 0 aromatic carbocycles. The van der Waals surface area contributed by atoms with Crippen LogP contribution in [0.2, 0.25) is 0 Å². The van der Waals surface area contributed by atoms with Gasteiger partial charge in [0.2, 0.25) is 11.5 Å². The maximum atomic E-state index is 12.9. The molecule has 0 saturated carbocycles. The number of rotatable bonds is 12. The summed E-state index contributed by atoms with van der Waals surface area (Å²) in [6, 6.07) is -1.10. The molecule has 2 aliphatic heterocycles. The Kier molecular flexibility index (Phi) is 8.82. The number of aliphatic carboxylic acids is 1. The fourth-order valence-electron chi connectivity index (χ4n) is 3.70. The number of halogens is 1. The van der Waals surface area contributed by atoms with Gasteiger partial charge in [-0.25, -0.2) is 4.39 Å². The largest absolute Gasteiger partial charge is 0.543 e. The normalized spacial score (nSPS) is 21.3. The van der Waals surface area contributed by atoms with Gasteiger partial charge < -0.3 is 36.0 Å². The van der Waals surface area contributed by atoms with E-state index in [0.717, 1.165) is 16.4 Å². The second-order valence-corrected chi connectivity index (χ2v) is 10.2. The third-order valence-electron chi connectivity index (χ3n) is 5.72. The van der Waals surface area contributed by atoms with Crippen LogP contribution >= 0.6 is 23.3 Å². The second kappa shape index (κ2) is 11.7. The average Bonchev–Trinajstić information content (AvgIpc) is 3.27. The van der Waals surface area contributed by atoms with Gasteiger partial charge in [0.1, 0.15) is 11.4 Å². The van der Waals surface area contributed by atoms with Gasteiger partial charge in [-0.15, -0.1) is 11.8 Å². The van der Waals surface area contributed by atoms with E-state index in [0.29, 0.717) is 23.1 Å². The number of amides is 3. The van der Waals surface area contributed by atoms with Crippen molar-refractivity contribution in [3.05, 3.63) is 29.2 Å². The van der Waals surface area contributed by atoms with Crippen molar-refractivity contribution in [1.29, 1.82) is 0 Å². The first-order valence-electron chi connectivity index (χ1n) is 10.8. The molecule has 0 radical (unpaired) electrons. The lowest BCUT2D eigenvalue weighted by Gasteiger charge is -2.50. The number of primary amides is 1. The minimum absolute atomic E-state index is 0.0291. The molecular formula is C20H25FN8O6S2. The van der Waals surface area contributed by atoms with Crippen molar-refractivity contribution in [3.8, 4) is 0 Å². The molecule has 1 unspecified atom stereocenters. The van der Waals surface area contributed by atoms with E-state index in [1.807, 2.05) is 14.0 Å². The highest BCUT2D eigenvalue weighted by molar-refractivity contribution is 8.00. The van der Waals surface area contributed by atoms with Crippen LogP contribution in [0.25, 0.3) is 0 Å². The highest BCUT2D eigenvalue weighted by atomic mass is 32.2. The number of hydrogen-bond acceptors (Lipinski definition) is 12. The maximum absolute atomic E-state index is 12.9. The number of hydrogen-bond donors (Lipinski definition) is 3. The molecule has 0 aliphatic carbocycles. The number of likely N-dealkylation sites (N-methyl/N-ethyl adjacent to an activating group) is 1.